The van der Waals surface area contributed by atoms with Gasteiger partial charge in [0, 0.05) is 0 Å². The lowest BCUT2D eigenvalue weighted by Crippen LogP contribution is -2.68. The molecule has 25 nitrogen and oxygen atoms in total. The first kappa shape index (κ1) is 37.2. The van der Waals surface area contributed by atoms with Gasteiger partial charge in [0.15, 0.2) is 6.10 Å². The predicted octanol–water partition coefficient (Wildman–Crippen LogP) is -11.1. The Kier molecular flexibility index (Phi) is 12.2. The summed E-state index contributed by atoms with van der Waals surface area (Å²) in [5.74, 6) is -2.41. The van der Waals surface area contributed by atoms with Gasteiger partial charge >= 0.3 is 5.97 Å². The third-order valence-corrected chi connectivity index (χ3v) is 6.94. The van der Waals surface area contributed by atoms with E-state index in [2.05, 4.69) is 27.4 Å². The van der Waals surface area contributed by atoms with Gasteiger partial charge in [0.1, 0.15) is 30.5 Å². The van der Waals surface area contributed by atoms with Crippen LogP contribution in [0.3, 0.4) is 0 Å². The van der Waals surface area contributed by atoms with E-state index in [-0.39, 0.29) is 0 Å². The molecule has 0 aromatic carbocycles. The monoisotopic (exact) mass is 690 g/mol. The molecule has 2 unspecified atom stereocenters. The molecule has 31 heteroatoms. The zero-order valence-electron chi connectivity index (χ0n) is 17.6. The molecule has 0 amide bonds. The van der Waals surface area contributed by atoms with Crippen LogP contribution in [0.2, 0.25) is 0 Å². The summed E-state index contributed by atoms with van der Waals surface area (Å²) in [6.45, 7) is 0. The van der Waals surface area contributed by atoms with Gasteiger partial charge in [0.05, 0.1) is 45.3 Å². The van der Waals surface area contributed by atoms with Gasteiger partial charge in [0.25, 0.3) is 0 Å². The zero-order valence-corrected chi connectivity index (χ0v) is 22.9. The fourth-order valence-corrected chi connectivity index (χ4v) is 6.03. The first-order chi connectivity index (χ1) is 17.0. The van der Waals surface area contributed by atoms with Crippen LogP contribution in [-0.2, 0) is 59.5 Å². The third kappa shape index (κ3) is 14.8. The van der Waals surface area contributed by atoms with Crippen molar-refractivity contribution in [3.8, 4) is 0 Å². The van der Waals surface area contributed by atoms with Crippen LogP contribution in [0.4, 0.5) is 0 Å². The number of phosphoric ester groups is 5. The van der Waals surface area contributed by atoms with Crippen molar-refractivity contribution < 1.29 is 118 Å². The second-order valence-corrected chi connectivity index (χ2v) is 13.9. The average molecular weight is 690 g/mol. The van der Waals surface area contributed by atoms with Crippen LogP contribution in [0.5, 0.6) is 0 Å². The van der Waals surface area contributed by atoms with E-state index in [9.17, 15) is 90.9 Å². The molecule has 0 spiro atoms. The molecule has 39 heavy (non-hydrogen) atoms. The lowest BCUT2D eigenvalue weighted by molar-refractivity contribution is -0.384. The van der Waals surface area contributed by atoms with E-state index in [1.165, 1.54) is 0 Å². The standard InChI is InChI=1S/C8H20O25P6/c9-2(1-34(10,11)12)28-3-4(29-35(13,14)15)6(31-37(19,20)21)8(33-39(25,26)27)7(32-38(22,23)24)5(3)30-36(16,17)18/h3-8H,1H2,(H2,10,11,12)(H2,13,14,15)(H2,16,17,18)(H2,19,20,21)(H2,22,23,24)(H2,25,26,27)/p-12/t3?,4-,5+,6+,7-,8?. The van der Waals surface area contributed by atoms with Gasteiger partial charge in [0.2, 0.25) is 0 Å². The van der Waals surface area contributed by atoms with Crippen molar-refractivity contribution in [2.45, 2.75) is 36.6 Å². The molecule has 0 aromatic rings. The number of hydrogen-bond acceptors (Lipinski definition) is 25. The molecule has 1 fully saturated rings. The maximum atomic E-state index is 11.9. The molecule has 1 saturated carbocycles. The molecule has 0 N–H and O–H groups in total. The van der Waals surface area contributed by atoms with Gasteiger partial charge in [-0.15, -0.1) is 0 Å². The second kappa shape index (κ2) is 12.8. The Labute approximate surface area is 214 Å². The molecule has 232 valence electrons. The maximum Gasteiger partial charge on any atom is 0.311 e. The largest absolute Gasteiger partial charge is 0.810 e. The topological polar surface area (TPSA) is 452 Å². The Bertz CT molecular complexity index is 1100. The van der Waals surface area contributed by atoms with Crippen molar-refractivity contribution in [2.24, 2.45) is 0 Å². The number of esters is 1. The third-order valence-electron chi connectivity index (χ3n) is 3.79. The van der Waals surface area contributed by atoms with Crippen LogP contribution in [0.1, 0.15) is 0 Å². The SMILES string of the molecule is O=C(CP(=O)([O-])[O-])OC1[C@@H](OP(=O)([O-])[O-])[C@H](OP(=O)([O-])[O-])C(OP(=O)([O-])[O-])[C@H](OP(=O)([O-])[O-])[C@H]1OP(=O)([O-])[O-]. The number of rotatable bonds is 13. The summed E-state index contributed by atoms with van der Waals surface area (Å²) in [5.41, 5.74) is 0. The molecule has 0 aliphatic heterocycles. The Hall–Kier alpha value is 0.170. The van der Waals surface area contributed by atoms with E-state index in [4.69, 9.17) is 0 Å². The summed E-state index contributed by atoms with van der Waals surface area (Å²) < 4.78 is 89.6. The summed E-state index contributed by atoms with van der Waals surface area (Å²) in [5, 5.41) is 0. The van der Waals surface area contributed by atoms with E-state index >= 15 is 0 Å². The maximum absolute atomic E-state index is 11.9. The van der Waals surface area contributed by atoms with E-state index < -0.39 is 95.5 Å². The van der Waals surface area contributed by atoms with Gasteiger partial charge in [-0.3, -0.25) is 4.79 Å². The van der Waals surface area contributed by atoms with Crippen LogP contribution in [-0.4, -0.2) is 48.8 Å². The quantitative estimate of drug-likeness (QED) is 0.128. The highest BCUT2D eigenvalue weighted by Crippen LogP contribution is 2.50. The minimum absolute atomic E-state index is 2.25. The molecule has 1 rings (SSSR count). The van der Waals surface area contributed by atoms with Gasteiger partial charge in [-0.25, -0.2) is 0 Å². The second-order valence-electron chi connectivity index (χ2n) is 6.81. The van der Waals surface area contributed by atoms with Gasteiger partial charge in [-0.2, -0.15) is 0 Å². The van der Waals surface area contributed by atoms with E-state index in [1.54, 1.807) is 0 Å². The molecule has 6 atom stereocenters. The lowest BCUT2D eigenvalue weighted by atomic mass is 9.85. The Morgan fingerprint density at radius 1 is 0.436 bits per heavy atom. The molecule has 1 aliphatic carbocycles. The number of phosphoric acid groups is 5. The van der Waals surface area contributed by atoms with Crippen LogP contribution < -0.4 is 58.7 Å². The smallest absolute Gasteiger partial charge is 0.311 e. The molecule has 0 radical (unpaired) electrons. The summed E-state index contributed by atoms with van der Waals surface area (Å²) in [6, 6.07) is 0. The van der Waals surface area contributed by atoms with E-state index in [1.807, 2.05) is 0 Å². The van der Waals surface area contributed by atoms with E-state index in [0.29, 0.717) is 0 Å². The average Bonchev–Trinajstić information content (AvgIpc) is 2.57. The van der Waals surface area contributed by atoms with Crippen LogP contribution in [0, 0.1) is 0 Å². The predicted molar refractivity (Wildman–Crippen MR) is 84.8 cm³/mol. The van der Waals surface area contributed by atoms with Crippen molar-refractivity contribution in [2.75, 3.05) is 6.16 Å². The van der Waals surface area contributed by atoms with Crippen molar-refractivity contribution in [1.29, 1.82) is 0 Å². The normalized spacial score (nSPS) is 27.8. The first-order valence-corrected chi connectivity index (χ1v) is 17.7. The number of carbonyl (C=O) groups excluding carboxylic acids is 1. The summed E-state index contributed by atoms with van der Waals surface area (Å²) in [6.07, 6.45) is -23.4. The Morgan fingerprint density at radius 2 is 0.641 bits per heavy atom. The lowest BCUT2D eigenvalue weighted by Gasteiger charge is -2.56. The number of carbonyl (C=O) groups is 1. The molecule has 0 saturated heterocycles. The fraction of sp³-hybridized carbons (Fsp3) is 0.875. The molecular formula is C8H8O25P6-12. The van der Waals surface area contributed by atoms with Gasteiger partial charge < -0.3 is 113 Å². The molecule has 0 bridgehead atoms. The summed E-state index contributed by atoms with van der Waals surface area (Å²) in [7, 11) is -39.5. The minimum Gasteiger partial charge on any atom is -0.810 e. The number of hydrogen-bond donors (Lipinski definition) is 0. The van der Waals surface area contributed by atoms with Crippen molar-refractivity contribution in [1.82, 2.24) is 0 Å². The van der Waals surface area contributed by atoms with Crippen LogP contribution in [0.15, 0.2) is 0 Å². The molecule has 1 aliphatic rings. The van der Waals surface area contributed by atoms with Crippen molar-refractivity contribution in [3.05, 3.63) is 0 Å². The van der Waals surface area contributed by atoms with Crippen LogP contribution >= 0.6 is 46.7 Å². The van der Waals surface area contributed by atoms with E-state index in [0.717, 1.165) is 0 Å². The van der Waals surface area contributed by atoms with Gasteiger partial charge in [-0.1, -0.05) is 7.60 Å². The highest BCUT2D eigenvalue weighted by molar-refractivity contribution is 7.49. The van der Waals surface area contributed by atoms with Crippen molar-refractivity contribution >= 4 is 52.7 Å². The molecular weight excluding hydrogens is 682 g/mol. The molecule has 0 heterocycles. The molecule has 0 aromatic heterocycles. The first-order valence-electron chi connectivity index (χ1n) is 8.69. The Morgan fingerprint density at radius 3 is 0.821 bits per heavy atom. The summed E-state index contributed by atoms with van der Waals surface area (Å²) >= 11 is 0. The Balaban J connectivity index is 4.04. The van der Waals surface area contributed by atoms with Crippen molar-refractivity contribution in [3.63, 3.8) is 0 Å². The highest BCUT2D eigenvalue weighted by Gasteiger charge is 2.57. The van der Waals surface area contributed by atoms with Crippen LogP contribution in [0.25, 0.3) is 0 Å². The highest BCUT2D eigenvalue weighted by atomic mass is 31.2. The van der Waals surface area contributed by atoms with Gasteiger partial charge in [-0.05, 0) is 0 Å². The minimum atomic E-state index is -6.71. The fourth-order valence-electron chi connectivity index (χ4n) is 2.95. The zero-order chi connectivity index (χ0) is 31.0. The summed E-state index contributed by atoms with van der Waals surface area (Å²) in [4.78, 5) is 146. The number of ether oxygens (including phenoxy) is 1.